The number of nitrogens with one attached hydrogen (secondary N) is 3. The molecular formula is C16H29N3O2. The number of rotatable bonds is 6. The third-order valence-electron chi connectivity index (χ3n) is 4.65. The Labute approximate surface area is 127 Å². The Morgan fingerprint density at radius 2 is 1.67 bits per heavy atom. The minimum Gasteiger partial charge on any atom is -0.352 e. The number of hydrogen-bond acceptors (Lipinski definition) is 3. The number of amides is 2. The van der Waals surface area contributed by atoms with Crippen molar-refractivity contribution in [3.05, 3.63) is 0 Å². The Morgan fingerprint density at radius 3 is 2.38 bits per heavy atom. The van der Waals surface area contributed by atoms with Gasteiger partial charge in [0, 0.05) is 12.5 Å². The molecule has 0 unspecified atom stereocenters. The average molecular weight is 295 g/mol. The molecule has 5 heteroatoms. The molecule has 1 saturated carbocycles. The topological polar surface area (TPSA) is 70.2 Å². The molecule has 2 rings (SSSR count). The summed E-state index contributed by atoms with van der Waals surface area (Å²) < 4.78 is 0. The Morgan fingerprint density at radius 1 is 0.952 bits per heavy atom. The van der Waals surface area contributed by atoms with Crippen LogP contribution in [-0.2, 0) is 9.59 Å². The van der Waals surface area contributed by atoms with Gasteiger partial charge in [0.25, 0.3) is 0 Å². The Kier molecular flexibility index (Phi) is 7.00. The lowest BCUT2D eigenvalue weighted by Crippen LogP contribution is -2.42. The molecule has 2 aliphatic rings. The summed E-state index contributed by atoms with van der Waals surface area (Å²) in [5.74, 6) is 0.623. The minimum atomic E-state index is -0.0443. The van der Waals surface area contributed by atoms with Crippen molar-refractivity contribution in [1.29, 1.82) is 0 Å². The van der Waals surface area contributed by atoms with Crippen LogP contribution in [0.1, 0.15) is 57.8 Å². The van der Waals surface area contributed by atoms with Crippen molar-refractivity contribution in [3.63, 3.8) is 0 Å². The normalized spacial score (nSPS) is 21.0. The third kappa shape index (κ3) is 6.46. The summed E-state index contributed by atoms with van der Waals surface area (Å²) >= 11 is 0. The zero-order valence-corrected chi connectivity index (χ0v) is 13.0. The van der Waals surface area contributed by atoms with Gasteiger partial charge >= 0.3 is 0 Å². The van der Waals surface area contributed by atoms with E-state index in [4.69, 9.17) is 0 Å². The van der Waals surface area contributed by atoms with Crippen molar-refractivity contribution in [2.75, 3.05) is 19.6 Å². The summed E-state index contributed by atoms with van der Waals surface area (Å²) in [5.41, 5.74) is 0. The van der Waals surface area contributed by atoms with Gasteiger partial charge < -0.3 is 16.0 Å². The first kappa shape index (κ1) is 16.3. The Hall–Kier alpha value is -1.10. The smallest absolute Gasteiger partial charge is 0.239 e. The maximum Gasteiger partial charge on any atom is 0.239 e. The lowest BCUT2D eigenvalue weighted by atomic mass is 9.93. The summed E-state index contributed by atoms with van der Waals surface area (Å²) in [4.78, 5) is 23.6. The lowest BCUT2D eigenvalue weighted by Gasteiger charge is -2.23. The van der Waals surface area contributed by atoms with Crippen molar-refractivity contribution in [3.8, 4) is 0 Å². The average Bonchev–Trinajstić information content (AvgIpc) is 2.53. The van der Waals surface area contributed by atoms with Crippen LogP contribution in [0.3, 0.4) is 0 Å². The monoisotopic (exact) mass is 295 g/mol. The fraction of sp³-hybridized carbons (Fsp3) is 0.875. The number of carbonyl (C=O) groups excluding carboxylic acids is 2. The predicted molar refractivity (Wildman–Crippen MR) is 82.9 cm³/mol. The van der Waals surface area contributed by atoms with Crippen molar-refractivity contribution in [2.45, 2.75) is 63.8 Å². The highest BCUT2D eigenvalue weighted by molar-refractivity contribution is 5.84. The van der Waals surface area contributed by atoms with E-state index in [1.165, 1.54) is 19.3 Å². The molecule has 0 spiro atoms. The van der Waals surface area contributed by atoms with Gasteiger partial charge in [0.1, 0.15) is 0 Å². The minimum absolute atomic E-state index is 0.00678. The Balaban J connectivity index is 1.54. The zero-order chi connectivity index (χ0) is 14.9. The maximum absolute atomic E-state index is 11.8. The van der Waals surface area contributed by atoms with Crippen molar-refractivity contribution < 1.29 is 9.59 Å². The summed E-state index contributed by atoms with van der Waals surface area (Å²) in [6.07, 6.45) is 9.65. The number of carbonyl (C=O) groups is 2. The molecule has 0 aromatic heterocycles. The number of piperidine rings is 1. The first-order valence-corrected chi connectivity index (χ1v) is 8.51. The van der Waals surface area contributed by atoms with Gasteiger partial charge in [0.15, 0.2) is 0 Å². The van der Waals surface area contributed by atoms with E-state index in [1.807, 2.05) is 0 Å². The van der Waals surface area contributed by atoms with Crippen LogP contribution in [0.2, 0.25) is 0 Å². The second kappa shape index (κ2) is 9.03. The SMILES string of the molecule is O=C(CCC1CCNCC1)NCC(=O)NC1CCCCC1. The van der Waals surface area contributed by atoms with Crippen LogP contribution >= 0.6 is 0 Å². The van der Waals surface area contributed by atoms with Gasteiger partial charge in [-0.15, -0.1) is 0 Å². The third-order valence-corrected chi connectivity index (χ3v) is 4.65. The maximum atomic E-state index is 11.8. The van der Waals surface area contributed by atoms with Crippen LogP contribution in [0.5, 0.6) is 0 Å². The molecule has 5 nitrogen and oxygen atoms in total. The molecule has 0 radical (unpaired) electrons. The second-order valence-electron chi connectivity index (χ2n) is 6.41. The van der Waals surface area contributed by atoms with E-state index < -0.39 is 0 Å². The molecule has 2 amide bonds. The summed E-state index contributed by atoms with van der Waals surface area (Å²) in [5, 5.41) is 9.09. The van der Waals surface area contributed by atoms with E-state index in [2.05, 4.69) is 16.0 Å². The van der Waals surface area contributed by atoms with E-state index in [0.717, 1.165) is 45.2 Å². The van der Waals surface area contributed by atoms with Gasteiger partial charge in [-0.25, -0.2) is 0 Å². The molecule has 0 aromatic rings. The van der Waals surface area contributed by atoms with E-state index in [-0.39, 0.29) is 18.4 Å². The van der Waals surface area contributed by atoms with Gasteiger partial charge in [-0.05, 0) is 51.1 Å². The number of hydrogen-bond donors (Lipinski definition) is 3. The quantitative estimate of drug-likeness (QED) is 0.692. The van der Waals surface area contributed by atoms with Gasteiger partial charge in [-0.3, -0.25) is 9.59 Å². The molecule has 0 atom stereocenters. The van der Waals surface area contributed by atoms with Gasteiger partial charge in [0.05, 0.1) is 6.54 Å². The first-order valence-electron chi connectivity index (χ1n) is 8.51. The Bertz CT molecular complexity index is 334. The molecular weight excluding hydrogens is 266 g/mol. The van der Waals surface area contributed by atoms with E-state index in [0.29, 0.717) is 18.4 Å². The largest absolute Gasteiger partial charge is 0.352 e. The van der Waals surface area contributed by atoms with Crippen molar-refractivity contribution >= 4 is 11.8 Å². The van der Waals surface area contributed by atoms with Gasteiger partial charge in [-0.2, -0.15) is 0 Å². The predicted octanol–water partition coefficient (Wildman–Crippen LogP) is 1.33. The first-order chi connectivity index (χ1) is 10.2. The highest BCUT2D eigenvalue weighted by Crippen LogP contribution is 2.18. The van der Waals surface area contributed by atoms with E-state index in [9.17, 15) is 9.59 Å². The summed E-state index contributed by atoms with van der Waals surface area (Å²) in [7, 11) is 0. The summed E-state index contributed by atoms with van der Waals surface area (Å²) in [6.45, 7) is 2.26. The van der Waals surface area contributed by atoms with E-state index in [1.54, 1.807) is 0 Å². The zero-order valence-electron chi connectivity index (χ0n) is 13.0. The molecule has 0 bridgehead atoms. The van der Waals surface area contributed by atoms with E-state index >= 15 is 0 Å². The van der Waals surface area contributed by atoms with Crippen LogP contribution in [0, 0.1) is 5.92 Å². The summed E-state index contributed by atoms with van der Waals surface area (Å²) in [6, 6.07) is 0.317. The molecule has 0 aromatic carbocycles. The van der Waals surface area contributed by atoms with Gasteiger partial charge in [0.2, 0.25) is 11.8 Å². The molecule has 1 aliphatic carbocycles. The fourth-order valence-corrected chi connectivity index (χ4v) is 3.30. The highest BCUT2D eigenvalue weighted by Gasteiger charge is 2.17. The molecule has 1 heterocycles. The van der Waals surface area contributed by atoms with Crippen LogP contribution < -0.4 is 16.0 Å². The van der Waals surface area contributed by atoms with Gasteiger partial charge in [-0.1, -0.05) is 19.3 Å². The van der Waals surface area contributed by atoms with Crippen LogP contribution in [0.15, 0.2) is 0 Å². The molecule has 21 heavy (non-hydrogen) atoms. The van der Waals surface area contributed by atoms with Crippen molar-refractivity contribution in [2.24, 2.45) is 5.92 Å². The molecule has 1 aliphatic heterocycles. The van der Waals surface area contributed by atoms with Crippen molar-refractivity contribution in [1.82, 2.24) is 16.0 Å². The van der Waals surface area contributed by atoms with Crippen LogP contribution in [0.25, 0.3) is 0 Å². The molecule has 1 saturated heterocycles. The second-order valence-corrected chi connectivity index (χ2v) is 6.41. The molecule has 2 fully saturated rings. The highest BCUT2D eigenvalue weighted by atomic mass is 16.2. The lowest BCUT2D eigenvalue weighted by molar-refractivity contribution is -0.126. The van der Waals surface area contributed by atoms with Crippen LogP contribution in [-0.4, -0.2) is 37.5 Å². The standard InChI is InChI=1S/C16H29N3O2/c20-15(7-6-13-8-10-17-11-9-13)18-12-16(21)19-14-4-2-1-3-5-14/h13-14,17H,1-12H2,(H,18,20)(H,19,21). The molecule has 120 valence electrons. The fourth-order valence-electron chi connectivity index (χ4n) is 3.30. The van der Waals surface area contributed by atoms with Crippen LogP contribution in [0.4, 0.5) is 0 Å². The molecule has 3 N–H and O–H groups in total.